The second-order valence-electron chi connectivity index (χ2n) is 5.26. The third-order valence-electron chi connectivity index (χ3n) is 3.85. The van der Waals surface area contributed by atoms with Crippen molar-refractivity contribution in [1.82, 2.24) is 4.31 Å². The van der Waals surface area contributed by atoms with Gasteiger partial charge in [-0.15, -0.1) is 0 Å². The summed E-state index contributed by atoms with van der Waals surface area (Å²) in [4.78, 5) is 0.341. The van der Waals surface area contributed by atoms with Crippen LogP contribution in [0.25, 0.3) is 0 Å². The Bertz CT molecular complexity index is 765. The Balaban J connectivity index is 1.87. The highest BCUT2D eigenvalue weighted by molar-refractivity contribution is 7.89. The Morgan fingerprint density at radius 3 is 2.86 bits per heavy atom. The van der Waals surface area contributed by atoms with Gasteiger partial charge in [-0.1, -0.05) is 0 Å². The minimum absolute atomic E-state index is 0.306. The molecule has 6 heteroatoms. The van der Waals surface area contributed by atoms with E-state index in [9.17, 15) is 8.42 Å². The van der Waals surface area contributed by atoms with Gasteiger partial charge in [0.15, 0.2) is 0 Å². The molecule has 0 amide bonds. The van der Waals surface area contributed by atoms with Crippen LogP contribution in [0.5, 0.6) is 0 Å². The number of nitrogens with one attached hydrogen (secondary N) is 1. The van der Waals surface area contributed by atoms with Gasteiger partial charge in [-0.05, 0) is 43.2 Å². The summed E-state index contributed by atoms with van der Waals surface area (Å²) in [7, 11) is -1.90. The monoisotopic (exact) mass is 306 g/mol. The lowest BCUT2D eigenvalue weighted by Gasteiger charge is -2.17. The molecule has 1 aliphatic rings. The van der Waals surface area contributed by atoms with Gasteiger partial charge in [0.25, 0.3) is 0 Å². The maximum atomic E-state index is 12.6. The summed E-state index contributed by atoms with van der Waals surface area (Å²) >= 11 is 0. The first kappa shape index (κ1) is 14.2. The number of aryl methyl sites for hydroxylation is 1. The topological polar surface area (TPSA) is 62.6 Å². The molecule has 1 aliphatic heterocycles. The van der Waals surface area contributed by atoms with E-state index in [1.54, 1.807) is 31.5 Å². The third kappa shape index (κ3) is 2.56. The Kier molecular flexibility index (Phi) is 3.51. The molecule has 0 saturated heterocycles. The van der Waals surface area contributed by atoms with Crippen molar-refractivity contribution in [2.24, 2.45) is 0 Å². The van der Waals surface area contributed by atoms with Gasteiger partial charge in [0.2, 0.25) is 10.0 Å². The molecule has 0 aliphatic carbocycles. The summed E-state index contributed by atoms with van der Waals surface area (Å²) in [6.45, 7) is 3.00. The standard InChI is InChI=1S/C15H18N2O3S/c1-11-13(6-8-20-11)10-17(2)21(18,19)14-3-4-15-12(9-14)5-7-16-15/h3-4,6,8-9,16H,5,7,10H2,1-2H3. The van der Waals surface area contributed by atoms with Gasteiger partial charge < -0.3 is 9.73 Å². The highest BCUT2D eigenvalue weighted by Crippen LogP contribution is 2.27. The summed E-state index contributed by atoms with van der Waals surface area (Å²) in [5.41, 5.74) is 2.97. The number of benzene rings is 1. The van der Waals surface area contributed by atoms with Crippen LogP contribution in [0.15, 0.2) is 39.8 Å². The summed E-state index contributed by atoms with van der Waals surface area (Å²) in [5.74, 6) is 0.746. The van der Waals surface area contributed by atoms with Crippen molar-refractivity contribution in [3.63, 3.8) is 0 Å². The number of sulfonamides is 1. The van der Waals surface area contributed by atoms with Crippen LogP contribution in [-0.2, 0) is 23.0 Å². The first-order valence-corrected chi connectivity index (χ1v) is 8.28. The van der Waals surface area contributed by atoms with Gasteiger partial charge in [0, 0.05) is 31.4 Å². The van der Waals surface area contributed by atoms with Gasteiger partial charge in [-0.3, -0.25) is 0 Å². The lowest BCUT2D eigenvalue weighted by Crippen LogP contribution is -2.26. The van der Waals surface area contributed by atoms with Gasteiger partial charge >= 0.3 is 0 Å². The van der Waals surface area contributed by atoms with E-state index in [1.165, 1.54) is 4.31 Å². The van der Waals surface area contributed by atoms with Crippen molar-refractivity contribution >= 4 is 15.7 Å². The molecule has 112 valence electrons. The van der Waals surface area contributed by atoms with E-state index in [4.69, 9.17) is 4.42 Å². The Labute approximate surface area is 124 Å². The zero-order valence-corrected chi connectivity index (χ0v) is 12.9. The average Bonchev–Trinajstić information content (AvgIpc) is 3.07. The molecule has 1 N–H and O–H groups in total. The van der Waals surface area contributed by atoms with Crippen LogP contribution in [0.4, 0.5) is 5.69 Å². The van der Waals surface area contributed by atoms with E-state index >= 15 is 0 Å². The number of nitrogens with zero attached hydrogens (tertiary/aromatic N) is 1. The summed E-state index contributed by atoms with van der Waals surface area (Å²) in [6, 6.07) is 7.06. The van der Waals surface area contributed by atoms with Crippen LogP contribution in [-0.4, -0.2) is 26.3 Å². The Morgan fingerprint density at radius 2 is 2.14 bits per heavy atom. The van der Waals surface area contributed by atoms with Crippen LogP contribution in [0, 0.1) is 6.92 Å². The summed E-state index contributed by atoms with van der Waals surface area (Å²) in [6.07, 6.45) is 2.44. The molecule has 0 fully saturated rings. The molecule has 1 aromatic heterocycles. The minimum atomic E-state index is -3.49. The molecule has 0 spiro atoms. The molecule has 1 aromatic carbocycles. The van der Waals surface area contributed by atoms with Crippen LogP contribution in [0.3, 0.4) is 0 Å². The number of hydrogen-bond acceptors (Lipinski definition) is 4. The van der Waals surface area contributed by atoms with E-state index in [-0.39, 0.29) is 0 Å². The quantitative estimate of drug-likeness (QED) is 0.942. The molecule has 2 heterocycles. The summed E-state index contributed by atoms with van der Waals surface area (Å²) < 4.78 is 31.9. The Morgan fingerprint density at radius 1 is 1.33 bits per heavy atom. The first-order valence-electron chi connectivity index (χ1n) is 6.84. The molecule has 0 saturated carbocycles. The maximum absolute atomic E-state index is 12.6. The van der Waals surface area contributed by atoms with Gasteiger partial charge in [-0.2, -0.15) is 4.31 Å². The van der Waals surface area contributed by atoms with E-state index < -0.39 is 10.0 Å². The molecule has 0 atom stereocenters. The van der Waals surface area contributed by atoms with E-state index in [1.807, 2.05) is 13.0 Å². The van der Waals surface area contributed by atoms with Gasteiger partial charge in [0.1, 0.15) is 5.76 Å². The average molecular weight is 306 g/mol. The van der Waals surface area contributed by atoms with Crippen molar-refractivity contribution in [3.8, 4) is 0 Å². The SMILES string of the molecule is Cc1occc1CN(C)S(=O)(=O)c1ccc2c(c1)CCN2. The predicted molar refractivity (Wildman–Crippen MR) is 80.7 cm³/mol. The lowest BCUT2D eigenvalue weighted by atomic mass is 10.2. The molecule has 2 aromatic rings. The normalized spacial score (nSPS) is 14.2. The van der Waals surface area contributed by atoms with Gasteiger partial charge in [0.05, 0.1) is 11.2 Å². The van der Waals surface area contributed by atoms with Crippen LogP contribution >= 0.6 is 0 Å². The van der Waals surface area contributed by atoms with Crippen molar-refractivity contribution in [1.29, 1.82) is 0 Å². The third-order valence-corrected chi connectivity index (χ3v) is 5.65. The number of furan rings is 1. The second kappa shape index (κ2) is 5.20. The second-order valence-corrected chi connectivity index (χ2v) is 7.30. The predicted octanol–water partition coefficient (Wildman–Crippen LogP) is 2.38. The molecule has 5 nitrogen and oxygen atoms in total. The molecular formula is C15H18N2O3S. The molecule has 0 unspecified atom stereocenters. The number of hydrogen-bond donors (Lipinski definition) is 1. The van der Waals surface area contributed by atoms with Crippen LogP contribution in [0.2, 0.25) is 0 Å². The lowest BCUT2D eigenvalue weighted by molar-refractivity contribution is 0.459. The van der Waals surface area contributed by atoms with Crippen molar-refractivity contribution in [2.75, 3.05) is 18.9 Å². The Hall–Kier alpha value is -1.79. The van der Waals surface area contributed by atoms with Crippen molar-refractivity contribution < 1.29 is 12.8 Å². The highest BCUT2D eigenvalue weighted by Gasteiger charge is 2.23. The smallest absolute Gasteiger partial charge is 0.243 e. The molecule has 0 radical (unpaired) electrons. The van der Waals surface area contributed by atoms with Gasteiger partial charge in [-0.25, -0.2) is 8.42 Å². The van der Waals surface area contributed by atoms with E-state index in [2.05, 4.69) is 5.32 Å². The fraction of sp³-hybridized carbons (Fsp3) is 0.333. The first-order chi connectivity index (χ1) is 9.98. The molecule has 21 heavy (non-hydrogen) atoms. The van der Waals surface area contributed by atoms with E-state index in [0.717, 1.165) is 35.5 Å². The van der Waals surface area contributed by atoms with Crippen molar-refractivity contribution in [3.05, 3.63) is 47.4 Å². The number of rotatable bonds is 4. The largest absolute Gasteiger partial charge is 0.469 e. The highest BCUT2D eigenvalue weighted by atomic mass is 32.2. The van der Waals surface area contributed by atoms with E-state index in [0.29, 0.717) is 11.4 Å². The zero-order valence-electron chi connectivity index (χ0n) is 12.1. The molecule has 3 rings (SSSR count). The van der Waals surface area contributed by atoms with Crippen LogP contribution in [0.1, 0.15) is 16.9 Å². The zero-order chi connectivity index (χ0) is 15.0. The summed E-state index contributed by atoms with van der Waals surface area (Å²) in [5, 5.41) is 3.23. The van der Waals surface area contributed by atoms with Crippen molar-refractivity contribution in [2.45, 2.75) is 24.8 Å². The minimum Gasteiger partial charge on any atom is -0.469 e. The van der Waals surface area contributed by atoms with Crippen LogP contribution < -0.4 is 5.32 Å². The number of fused-ring (bicyclic) bond motifs is 1. The molecule has 0 bridgehead atoms. The fourth-order valence-electron chi connectivity index (χ4n) is 2.52. The fourth-order valence-corrected chi connectivity index (χ4v) is 3.72. The maximum Gasteiger partial charge on any atom is 0.243 e. The molecular weight excluding hydrogens is 288 g/mol. The number of anilines is 1.